The number of carboxylic acids is 1. The lowest BCUT2D eigenvalue weighted by Crippen LogP contribution is -3.10. The number of aromatic carboxylic acids is 1. The summed E-state index contributed by atoms with van der Waals surface area (Å²) in [5, 5.41) is 11.5. The molecule has 5 heteroatoms. The third kappa shape index (κ3) is 2.47. The van der Waals surface area contributed by atoms with Crippen molar-refractivity contribution in [1.82, 2.24) is 9.38 Å². The summed E-state index contributed by atoms with van der Waals surface area (Å²) in [5.41, 5.74) is 5.20. The van der Waals surface area contributed by atoms with Gasteiger partial charge in [-0.15, -0.1) is 0 Å². The van der Waals surface area contributed by atoms with Gasteiger partial charge in [0.15, 0.2) is 0 Å². The van der Waals surface area contributed by atoms with Gasteiger partial charge in [-0.05, 0) is 24.1 Å². The molecule has 1 unspecified atom stereocenters. The predicted molar refractivity (Wildman–Crippen MR) is 87.6 cm³/mol. The zero-order valence-corrected chi connectivity index (χ0v) is 13.6. The number of carbonyl (C=O) groups is 1. The number of pyridine rings is 1. The summed E-state index contributed by atoms with van der Waals surface area (Å²) >= 11 is 0. The first-order chi connectivity index (χ1) is 11.6. The van der Waals surface area contributed by atoms with E-state index >= 15 is 0 Å². The molecule has 0 bridgehead atoms. The fourth-order valence-corrected chi connectivity index (χ4v) is 3.62. The number of rotatable bonds is 3. The molecule has 122 valence electrons. The minimum absolute atomic E-state index is 0.0654. The van der Waals surface area contributed by atoms with Crippen molar-refractivity contribution in [2.75, 3.05) is 6.54 Å². The van der Waals surface area contributed by atoms with E-state index in [1.807, 2.05) is 29.7 Å². The Hall–Kier alpha value is -2.66. The van der Waals surface area contributed by atoms with E-state index in [1.54, 1.807) is 0 Å². The smallest absolute Gasteiger partial charge is 0.140 e. The minimum atomic E-state index is -1.20. The second kappa shape index (κ2) is 5.76. The Morgan fingerprint density at radius 3 is 2.83 bits per heavy atom. The molecule has 2 aromatic heterocycles. The van der Waals surface area contributed by atoms with Gasteiger partial charge in [0, 0.05) is 18.2 Å². The van der Waals surface area contributed by atoms with Gasteiger partial charge in [-0.2, -0.15) is 0 Å². The molecule has 1 aliphatic heterocycles. The normalized spacial score (nSPS) is 17.0. The molecule has 1 aromatic carbocycles. The molecule has 0 radical (unpaired) electrons. The summed E-state index contributed by atoms with van der Waals surface area (Å²) < 4.78 is 1.90. The standard InChI is InChI=1S/C19H19N3O2/c1-13-5-4-9-22-16(17(19(23)24)20-18(13)22)12-21-10-8-14-6-2-3-7-15(14)11-21/h2-7,9H,8,10-12H2,1H3,(H,23,24). The molecule has 0 spiro atoms. The Morgan fingerprint density at radius 2 is 2.04 bits per heavy atom. The Morgan fingerprint density at radius 1 is 1.25 bits per heavy atom. The summed E-state index contributed by atoms with van der Waals surface area (Å²) in [7, 11) is 0. The van der Waals surface area contributed by atoms with Crippen LogP contribution in [0.3, 0.4) is 0 Å². The fourth-order valence-electron chi connectivity index (χ4n) is 3.62. The molecular formula is C19H19N3O2. The number of quaternary nitrogens is 1. The Labute approximate surface area is 140 Å². The number of carbonyl (C=O) groups excluding carboxylic acids is 1. The average Bonchev–Trinajstić information content (AvgIpc) is 2.95. The monoisotopic (exact) mass is 321 g/mol. The fraction of sp³-hybridized carbons (Fsp3) is 0.263. The number of imidazole rings is 1. The van der Waals surface area contributed by atoms with Gasteiger partial charge >= 0.3 is 0 Å². The van der Waals surface area contributed by atoms with E-state index in [4.69, 9.17) is 0 Å². The lowest BCUT2D eigenvalue weighted by molar-refractivity contribution is -0.929. The highest BCUT2D eigenvalue weighted by Crippen LogP contribution is 2.16. The largest absolute Gasteiger partial charge is 0.543 e. The number of aromatic nitrogens is 2. The summed E-state index contributed by atoms with van der Waals surface area (Å²) in [4.78, 5) is 17.2. The summed E-state index contributed by atoms with van der Waals surface area (Å²) in [5.74, 6) is -1.20. The number of carboxylic acid groups (broad SMARTS) is 1. The highest BCUT2D eigenvalue weighted by molar-refractivity contribution is 5.86. The Bertz CT molecular complexity index is 930. The zero-order chi connectivity index (χ0) is 16.7. The van der Waals surface area contributed by atoms with Crippen LogP contribution in [-0.4, -0.2) is 21.9 Å². The van der Waals surface area contributed by atoms with Crippen molar-refractivity contribution in [3.8, 4) is 0 Å². The van der Waals surface area contributed by atoms with Crippen molar-refractivity contribution < 1.29 is 14.8 Å². The zero-order valence-electron chi connectivity index (χ0n) is 13.6. The van der Waals surface area contributed by atoms with Crippen molar-refractivity contribution >= 4 is 11.6 Å². The minimum Gasteiger partial charge on any atom is -0.543 e. The van der Waals surface area contributed by atoms with E-state index < -0.39 is 5.97 Å². The van der Waals surface area contributed by atoms with E-state index in [2.05, 4.69) is 29.2 Å². The maximum atomic E-state index is 11.5. The molecule has 0 saturated heterocycles. The number of nitrogens with zero attached hydrogens (tertiary/aromatic N) is 2. The van der Waals surface area contributed by atoms with Gasteiger partial charge in [-0.3, -0.25) is 4.40 Å². The first-order valence-corrected chi connectivity index (χ1v) is 8.21. The molecule has 0 saturated carbocycles. The maximum absolute atomic E-state index is 11.5. The number of aryl methyl sites for hydroxylation is 1. The first-order valence-electron chi connectivity index (χ1n) is 8.21. The molecule has 4 rings (SSSR count). The van der Waals surface area contributed by atoms with Gasteiger partial charge < -0.3 is 14.8 Å². The molecule has 1 N–H and O–H groups in total. The average molecular weight is 321 g/mol. The van der Waals surface area contributed by atoms with Crippen molar-refractivity contribution in [2.24, 2.45) is 0 Å². The van der Waals surface area contributed by atoms with Crippen LogP contribution in [0.25, 0.3) is 5.65 Å². The lowest BCUT2D eigenvalue weighted by Gasteiger charge is -2.26. The van der Waals surface area contributed by atoms with Crippen LogP contribution in [-0.2, 0) is 19.5 Å². The number of nitrogens with one attached hydrogen (secondary N) is 1. The van der Waals surface area contributed by atoms with Crippen molar-refractivity contribution in [2.45, 2.75) is 26.4 Å². The SMILES string of the molecule is Cc1cccn2c(C[NH+]3CCc4ccccc4C3)c(C(=O)[O-])nc12. The molecular weight excluding hydrogens is 302 g/mol. The summed E-state index contributed by atoms with van der Waals surface area (Å²) in [6.07, 6.45) is 2.90. The second-order valence-corrected chi connectivity index (χ2v) is 6.45. The molecule has 1 atom stereocenters. The van der Waals surface area contributed by atoms with Crippen LogP contribution in [0.15, 0.2) is 42.6 Å². The molecule has 5 nitrogen and oxygen atoms in total. The highest BCUT2D eigenvalue weighted by atomic mass is 16.4. The van der Waals surface area contributed by atoms with E-state index in [-0.39, 0.29) is 5.69 Å². The van der Waals surface area contributed by atoms with Crippen LogP contribution in [0.1, 0.15) is 32.9 Å². The van der Waals surface area contributed by atoms with Gasteiger partial charge in [0.1, 0.15) is 30.1 Å². The predicted octanol–water partition coefficient (Wildman–Crippen LogP) is 0.147. The van der Waals surface area contributed by atoms with Gasteiger partial charge in [0.2, 0.25) is 0 Å². The first kappa shape index (κ1) is 14.9. The van der Waals surface area contributed by atoms with Crippen LogP contribution in [0.2, 0.25) is 0 Å². The molecule has 0 amide bonds. The molecule has 0 fully saturated rings. The molecule has 3 aromatic rings. The number of hydrogen-bond acceptors (Lipinski definition) is 3. The van der Waals surface area contributed by atoms with Crippen LogP contribution in [0, 0.1) is 6.92 Å². The van der Waals surface area contributed by atoms with Crippen molar-refractivity contribution in [1.29, 1.82) is 0 Å². The Kier molecular flexibility index (Phi) is 3.58. The van der Waals surface area contributed by atoms with Gasteiger partial charge in [0.25, 0.3) is 0 Å². The van der Waals surface area contributed by atoms with Crippen LogP contribution < -0.4 is 10.0 Å². The number of fused-ring (bicyclic) bond motifs is 2. The van der Waals surface area contributed by atoms with Crippen LogP contribution in [0.4, 0.5) is 0 Å². The number of hydrogen-bond donors (Lipinski definition) is 1. The molecule has 0 aliphatic carbocycles. The van der Waals surface area contributed by atoms with E-state index in [1.165, 1.54) is 16.0 Å². The molecule has 3 heterocycles. The van der Waals surface area contributed by atoms with E-state index in [0.29, 0.717) is 12.2 Å². The quantitative estimate of drug-likeness (QED) is 0.747. The van der Waals surface area contributed by atoms with Crippen LogP contribution >= 0.6 is 0 Å². The Balaban J connectivity index is 1.71. The summed E-state index contributed by atoms with van der Waals surface area (Å²) in [6, 6.07) is 12.3. The molecule has 1 aliphatic rings. The van der Waals surface area contributed by atoms with Gasteiger partial charge in [0.05, 0.1) is 12.5 Å². The highest BCUT2D eigenvalue weighted by Gasteiger charge is 2.23. The molecule has 24 heavy (non-hydrogen) atoms. The third-order valence-electron chi connectivity index (χ3n) is 4.86. The van der Waals surface area contributed by atoms with Crippen LogP contribution in [0.5, 0.6) is 0 Å². The van der Waals surface area contributed by atoms with E-state index in [0.717, 1.165) is 30.8 Å². The number of benzene rings is 1. The van der Waals surface area contributed by atoms with E-state index in [9.17, 15) is 9.90 Å². The van der Waals surface area contributed by atoms with Gasteiger partial charge in [-0.1, -0.05) is 30.3 Å². The maximum Gasteiger partial charge on any atom is 0.140 e. The third-order valence-corrected chi connectivity index (χ3v) is 4.86. The lowest BCUT2D eigenvalue weighted by atomic mass is 10.00. The summed E-state index contributed by atoms with van der Waals surface area (Å²) in [6.45, 7) is 4.46. The topological polar surface area (TPSA) is 61.9 Å². The van der Waals surface area contributed by atoms with Crippen molar-refractivity contribution in [3.05, 3.63) is 70.7 Å². The second-order valence-electron chi connectivity index (χ2n) is 6.45. The van der Waals surface area contributed by atoms with Gasteiger partial charge in [-0.25, -0.2) is 4.98 Å². The van der Waals surface area contributed by atoms with Crippen molar-refractivity contribution in [3.63, 3.8) is 0 Å².